The van der Waals surface area contributed by atoms with Crippen molar-refractivity contribution in [3.63, 3.8) is 0 Å². The number of H-pyrrole nitrogens is 1. The third kappa shape index (κ3) is 2.73. The number of anilines is 1. The van der Waals surface area contributed by atoms with Gasteiger partial charge in [-0.15, -0.1) is 0 Å². The zero-order valence-electron chi connectivity index (χ0n) is 11.0. The number of amides is 1. The molecule has 0 aliphatic carbocycles. The normalized spacial score (nSPS) is 12.1. The molecule has 4 N–H and O–H groups in total. The Hall–Kier alpha value is -2.37. The van der Waals surface area contributed by atoms with E-state index in [-0.39, 0.29) is 17.6 Å². The van der Waals surface area contributed by atoms with Gasteiger partial charge in [0.05, 0.1) is 17.4 Å². The van der Waals surface area contributed by atoms with Crippen molar-refractivity contribution < 1.29 is 4.79 Å². The Bertz CT molecular complexity index is 564. The maximum absolute atomic E-state index is 12.1. The molecule has 0 saturated heterocycles. The lowest BCUT2D eigenvalue weighted by Crippen LogP contribution is -2.27. The van der Waals surface area contributed by atoms with Gasteiger partial charge in [-0.25, -0.2) is 0 Å². The van der Waals surface area contributed by atoms with Crippen molar-refractivity contribution in [1.82, 2.24) is 20.5 Å². The Morgan fingerprint density at radius 2 is 2.37 bits per heavy atom. The van der Waals surface area contributed by atoms with Crippen LogP contribution < -0.4 is 11.1 Å². The molecule has 2 heterocycles. The first-order valence-corrected chi connectivity index (χ1v) is 6.17. The van der Waals surface area contributed by atoms with Crippen molar-refractivity contribution in [3.8, 4) is 0 Å². The molecule has 0 aromatic carbocycles. The molecule has 1 atom stereocenters. The first kappa shape index (κ1) is 13.1. The third-order valence-corrected chi connectivity index (χ3v) is 2.98. The van der Waals surface area contributed by atoms with Gasteiger partial charge >= 0.3 is 0 Å². The summed E-state index contributed by atoms with van der Waals surface area (Å²) < 4.78 is 0. The van der Waals surface area contributed by atoms with Crippen molar-refractivity contribution in [2.24, 2.45) is 0 Å². The van der Waals surface area contributed by atoms with Crippen molar-refractivity contribution in [1.29, 1.82) is 0 Å². The van der Waals surface area contributed by atoms with Crippen LogP contribution >= 0.6 is 0 Å². The van der Waals surface area contributed by atoms with Crippen LogP contribution in [0.25, 0.3) is 0 Å². The summed E-state index contributed by atoms with van der Waals surface area (Å²) in [4.78, 5) is 16.1. The highest BCUT2D eigenvalue weighted by Crippen LogP contribution is 2.16. The number of aryl methyl sites for hydroxylation is 1. The lowest BCUT2D eigenvalue weighted by Gasteiger charge is -2.12. The number of aromatic nitrogens is 3. The Labute approximate surface area is 111 Å². The molecule has 6 nitrogen and oxygen atoms in total. The zero-order chi connectivity index (χ0) is 13.8. The number of rotatable bonds is 4. The minimum atomic E-state index is -0.287. The average Bonchev–Trinajstić information content (AvgIpc) is 2.80. The number of aromatic amines is 1. The minimum absolute atomic E-state index is 0.151. The number of hydrogen-bond donors (Lipinski definition) is 3. The van der Waals surface area contributed by atoms with E-state index >= 15 is 0 Å². The number of carbonyl (C=O) groups is 1. The number of nitrogen functional groups attached to an aromatic ring is 1. The molecular weight excluding hydrogens is 242 g/mol. The molecule has 2 aromatic heterocycles. The molecule has 0 saturated carbocycles. The second-order valence-electron chi connectivity index (χ2n) is 4.30. The zero-order valence-corrected chi connectivity index (χ0v) is 11.0. The van der Waals surface area contributed by atoms with Gasteiger partial charge in [-0.1, -0.05) is 13.0 Å². The van der Waals surface area contributed by atoms with E-state index in [9.17, 15) is 4.79 Å². The Morgan fingerprint density at radius 1 is 1.58 bits per heavy atom. The van der Waals surface area contributed by atoms with E-state index in [1.54, 1.807) is 12.4 Å². The van der Waals surface area contributed by atoms with Gasteiger partial charge in [-0.05, 0) is 25.0 Å². The number of nitrogens with zero attached hydrogens (tertiary/aromatic N) is 2. The van der Waals surface area contributed by atoms with Gasteiger partial charge in [0.1, 0.15) is 0 Å². The minimum Gasteiger partial charge on any atom is -0.395 e. The lowest BCUT2D eigenvalue weighted by molar-refractivity contribution is 0.0935. The van der Waals surface area contributed by atoms with Crippen molar-refractivity contribution in [2.75, 3.05) is 5.73 Å². The number of hydrogen-bond acceptors (Lipinski definition) is 4. The number of carbonyl (C=O) groups excluding carboxylic acids is 1. The Kier molecular flexibility index (Phi) is 3.79. The van der Waals surface area contributed by atoms with Gasteiger partial charge in [0, 0.05) is 12.4 Å². The molecule has 19 heavy (non-hydrogen) atoms. The van der Waals surface area contributed by atoms with Gasteiger partial charge in [0.2, 0.25) is 0 Å². The summed E-state index contributed by atoms with van der Waals surface area (Å²) in [5.74, 6) is -0.287. The fourth-order valence-electron chi connectivity index (χ4n) is 1.81. The first-order chi connectivity index (χ1) is 9.13. The molecule has 2 aromatic rings. The fourth-order valence-corrected chi connectivity index (χ4v) is 1.81. The monoisotopic (exact) mass is 259 g/mol. The molecule has 0 spiro atoms. The van der Waals surface area contributed by atoms with Crippen molar-refractivity contribution >= 4 is 11.6 Å². The van der Waals surface area contributed by atoms with Crippen LogP contribution in [-0.2, 0) is 6.42 Å². The molecule has 0 aliphatic heterocycles. The van der Waals surface area contributed by atoms with Gasteiger partial charge in [-0.3, -0.25) is 14.9 Å². The summed E-state index contributed by atoms with van der Waals surface area (Å²) in [6.45, 7) is 3.84. The molecule has 0 radical (unpaired) electrons. The van der Waals surface area contributed by atoms with Crippen LogP contribution in [0.5, 0.6) is 0 Å². The summed E-state index contributed by atoms with van der Waals surface area (Å²) in [5, 5.41) is 9.57. The highest BCUT2D eigenvalue weighted by Gasteiger charge is 2.18. The van der Waals surface area contributed by atoms with E-state index < -0.39 is 0 Å². The fraction of sp³-hybridized carbons (Fsp3) is 0.308. The van der Waals surface area contributed by atoms with Gasteiger partial charge < -0.3 is 11.1 Å². The molecule has 1 unspecified atom stereocenters. The molecule has 6 heteroatoms. The van der Waals surface area contributed by atoms with Gasteiger partial charge in [0.25, 0.3) is 5.91 Å². The second-order valence-corrected chi connectivity index (χ2v) is 4.30. The predicted molar refractivity (Wildman–Crippen MR) is 72.5 cm³/mol. The molecule has 2 rings (SSSR count). The van der Waals surface area contributed by atoms with Gasteiger partial charge in [0.15, 0.2) is 5.69 Å². The Balaban J connectivity index is 2.11. The summed E-state index contributed by atoms with van der Waals surface area (Å²) in [6.07, 6.45) is 4.12. The van der Waals surface area contributed by atoms with E-state index in [4.69, 9.17) is 5.73 Å². The number of nitrogens with two attached hydrogens (primary N) is 1. The molecule has 0 aliphatic rings. The van der Waals surface area contributed by atoms with Crippen molar-refractivity contribution in [2.45, 2.75) is 26.3 Å². The van der Waals surface area contributed by atoms with Crippen molar-refractivity contribution in [3.05, 3.63) is 41.5 Å². The first-order valence-electron chi connectivity index (χ1n) is 6.17. The number of pyridine rings is 1. The summed E-state index contributed by atoms with van der Waals surface area (Å²) >= 11 is 0. The second kappa shape index (κ2) is 5.51. The summed E-state index contributed by atoms with van der Waals surface area (Å²) in [6, 6.07) is 3.58. The number of nitrogens with one attached hydrogen (secondary N) is 2. The highest BCUT2D eigenvalue weighted by molar-refractivity contribution is 5.97. The molecule has 100 valence electrons. The van der Waals surface area contributed by atoms with E-state index in [0.29, 0.717) is 12.1 Å². The van der Waals surface area contributed by atoms with Crippen LogP contribution in [-0.4, -0.2) is 21.1 Å². The van der Waals surface area contributed by atoms with Crippen LogP contribution in [0.3, 0.4) is 0 Å². The summed E-state index contributed by atoms with van der Waals surface area (Å²) in [5.41, 5.74) is 8.23. The molecule has 1 amide bonds. The third-order valence-electron chi connectivity index (χ3n) is 2.98. The topological polar surface area (TPSA) is 96.7 Å². The highest BCUT2D eigenvalue weighted by atomic mass is 16.2. The standard InChI is InChI=1S/C13H17N5O/c1-3-10-11(14)12(18-17-10)13(19)16-8(2)9-5-4-6-15-7-9/h4-8H,3,14H2,1-2H3,(H,16,19)(H,17,18). The van der Waals surface area contributed by atoms with E-state index in [1.807, 2.05) is 26.0 Å². The largest absolute Gasteiger partial charge is 0.395 e. The SMILES string of the molecule is CCc1[nH]nc(C(=O)NC(C)c2cccnc2)c1N. The predicted octanol–water partition coefficient (Wildman–Crippen LogP) is 1.44. The smallest absolute Gasteiger partial charge is 0.274 e. The van der Waals surface area contributed by atoms with Crippen LogP contribution in [0.1, 0.15) is 41.6 Å². The molecular formula is C13H17N5O. The maximum atomic E-state index is 12.1. The Morgan fingerprint density at radius 3 is 2.95 bits per heavy atom. The van der Waals surface area contributed by atoms with E-state index in [2.05, 4.69) is 20.5 Å². The van der Waals surface area contributed by atoms with E-state index in [0.717, 1.165) is 11.3 Å². The maximum Gasteiger partial charge on any atom is 0.274 e. The molecule has 0 fully saturated rings. The quantitative estimate of drug-likeness (QED) is 0.774. The average molecular weight is 259 g/mol. The molecule has 0 bridgehead atoms. The van der Waals surface area contributed by atoms with E-state index in [1.165, 1.54) is 0 Å². The van der Waals surface area contributed by atoms with Crippen LogP contribution in [0.2, 0.25) is 0 Å². The van der Waals surface area contributed by atoms with Gasteiger partial charge in [-0.2, -0.15) is 5.10 Å². The van der Waals surface area contributed by atoms with Crippen LogP contribution in [0.15, 0.2) is 24.5 Å². The van der Waals surface area contributed by atoms with Crippen LogP contribution in [0.4, 0.5) is 5.69 Å². The summed E-state index contributed by atoms with van der Waals surface area (Å²) in [7, 11) is 0. The lowest BCUT2D eigenvalue weighted by atomic mass is 10.1. The van der Waals surface area contributed by atoms with Crippen LogP contribution in [0, 0.1) is 0 Å².